The van der Waals surface area contributed by atoms with Gasteiger partial charge < -0.3 is 34.5 Å². The van der Waals surface area contributed by atoms with Crippen LogP contribution in [0.2, 0.25) is 0 Å². The van der Waals surface area contributed by atoms with Crippen LogP contribution in [0.3, 0.4) is 0 Å². The molecule has 11 heteroatoms. The number of likely N-dealkylation sites (N-methyl/N-ethyl adjacent to an activating group) is 2. The highest BCUT2D eigenvalue weighted by Crippen LogP contribution is 2.21. The Labute approximate surface area is 182 Å². The molecular weight excluding hydrogens is 412 g/mol. The lowest BCUT2D eigenvalue weighted by Gasteiger charge is -2.30. The van der Waals surface area contributed by atoms with E-state index < -0.39 is 66.0 Å². The number of carbonyl (C=O) groups excluding carboxylic acids is 2. The molecule has 11 nitrogen and oxygen atoms in total. The largest absolute Gasteiger partial charge is 0.481 e. The summed E-state index contributed by atoms with van der Waals surface area (Å²) in [5.74, 6) is -10.0. The monoisotopic (exact) mass is 450 g/mol. The third-order valence-electron chi connectivity index (χ3n) is 4.86. The van der Waals surface area contributed by atoms with Crippen molar-refractivity contribution >= 4 is 23.5 Å². The van der Waals surface area contributed by atoms with Gasteiger partial charge in [0.15, 0.2) is 11.6 Å². The summed E-state index contributed by atoms with van der Waals surface area (Å²) in [5, 5.41) is 49.6. The van der Waals surface area contributed by atoms with E-state index in [9.17, 15) is 44.7 Å². The van der Waals surface area contributed by atoms with Crippen LogP contribution >= 0.6 is 0 Å². The lowest BCUT2D eigenvalue weighted by molar-refractivity contribution is -0.873. The molecule has 0 saturated carbocycles. The molecule has 0 aliphatic rings. The zero-order valence-corrected chi connectivity index (χ0v) is 19.3. The Morgan fingerprint density at radius 1 is 0.677 bits per heavy atom. The quantitative estimate of drug-likeness (QED) is 0.149. The molecule has 0 aromatic heterocycles. The molecule has 0 fully saturated rings. The van der Waals surface area contributed by atoms with Crippen LogP contribution in [0.25, 0.3) is 0 Å². The van der Waals surface area contributed by atoms with Gasteiger partial charge in [-0.1, -0.05) is 6.92 Å². The lowest BCUT2D eigenvalue weighted by atomic mass is 9.83. The van der Waals surface area contributed by atoms with E-state index in [0.717, 1.165) is 0 Å². The van der Waals surface area contributed by atoms with Gasteiger partial charge in [0.1, 0.15) is 37.1 Å². The molecule has 0 aliphatic carbocycles. The van der Waals surface area contributed by atoms with E-state index in [4.69, 9.17) is 0 Å². The molecule has 0 spiro atoms. The number of hydrogen-bond donors (Lipinski definition) is 5. The van der Waals surface area contributed by atoms with E-state index in [2.05, 4.69) is 0 Å². The fourth-order valence-corrected chi connectivity index (χ4v) is 3.31. The zero-order chi connectivity index (χ0) is 24.9. The second-order valence-corrected chi connectivity index (χ2v) is 10.1. The minimum Gasteiger partial charge on any atom is -0.481 e. The van der Waals surface area contributed by atoms with Crippen molar-refractivity contribution in [3.63, 3.8) is 0 Å². The number of carbonyl (C=O) groups is 4. The average Bonchev–Trinajstić information content (AvgIpc) is 2.49. The number of carboxylic acid groups (broad SMARTS) is 2. The van der Waals surface area contributed by atoms with E-state index in [0.29, 0.717) is 0 Å². The fourth-order valence-electron chi connectivity index (χ4n) is 3.31. The van der Waals surface area contributed by atoms with E-state index >= 15 is 0 Å². The molecule has 0 saturated heterocycles. The number of aliphatic carboxylic acids is 2. The molecule has 0 aromatic rings. The zero-order valence-electron chi connectivity index (χ0n) is 19.3. The number of nitrogens with zero attached hydrogens (tertiary/aromatic N) is 2. The highest BCUT2D eigenvalue weighted by Gasteiger charge is 2.43. The minimum atomic E-state index is -1.81. The molecular formula is C20H38N2O9+2. The summed E-state index contributed by atoms with van der Waals surface area (Å²) in [6, 6.07) is 0. The topological polar surface area (TPSA) is 169 Å². The molecule has 0 radical (unpaired) electrons. The summed E-state index contributed by atoms with van der Waals surface area (Å²) in [4.78, 5) is 48.3. The summed E-state index contributed by atoms with van der Waals surface area (Å²) < 4.78 is 0.387. The standard InChI is InChI=1S/C20H36N2O9/c1-11(18(27)17(20(30)31)15(26)10-22(5,6)7)12(23)8-13(24)16(19(28)29)14(25)9-21(2,3)4/h11-12,14-17,23,25-26H,8-10H2,1-7H3/p+2. The molecule has 6 unspecified atom stereocenters. The van der Waals surface area contributed by atoms with Gasteiger partial charge in [-0.3, -0.25) is 19.2 Å². The Bertz CT molecular complexity index is 667. The minimum absolute atomic E-state index is 0.0361. The van der Waals surface area contributed by atoms with Crippen LogP contribution in [0.15, 0.2) is 0 Å². The highest BCUT2D eigenvalue weighted by molar-refractivity contribution is 6.01. The van der Waals surface area contributed by atoms with E-state index in [1.807, 2.05) is 0 Å². The normalized spacial score (nSPS) is 18.4. The first kappa shape index (κ1) is 29.1. The number of hydrogen-bond acceptors (Lipinski definition) is 7. The summed E-state index contributed by atoms with van der Waals surface area (Å²) in [6.07, 6.45) is -5.46. The Morgan fingerprint density at radius 3 is 1.35 bits per heavy atom. The van der Waals surface area contributed by atoms with Crippen molar-refractivity contribution < 1.29 is 53.7 Å². The number of rotatable bonds is 14. The van der Waals surface area contributed by atoms with Crippen molar-refractivity contribution in [3.8, 4) is 0 Å². The third kappa shape index (κ3) is 9.83. The van der Waals surface area contributed by atoms with Crippen LogP contribution in [0.5, 0.6) is 0 Å². The Morgan fingerprint density at radius 2 is 1.03 bits per heavy atom. The number of ketones is 2. The van der Waals surface area contributed by atoms with Crippen LogP contribution in [-0.2, 0) is 19.2 Å². The molecule has 5 N–H and O–H groups in total. The Kier molecular flexibility index (Phi) is 10.4. The second kappa shape index (κ2) is 11.1. The van der Waals surface area contributed by atoms with Crippen molar-refractivity contribution in [2.45, 2.75) is 31.7 Å². The molecule has 0 amide bonds. The van der Waals surface area contributed by atoms with Gasteiger partial charge in [-0.15, -0.1) is 0 Å². The first-order valence-electron chi connectivity index (χ1n) is 9.95. The van der Waals surface area contributed by atoms with Crippen molar-refractivity contribution in [3.05, 3.63) is 0 Å². The van der Waals surface area contributed by atoms with Gasteiger partial charge in [0.05, 0.1) is 48.4 Å². The number of quaternary nitrogens is 2. The SMILES string of the molecule is CC(C(=O)C(C(=O)O)C(O)C[N+](C)(C)C)C(O)CC(=O)C(C(=O)O)C(O)C[N+](C)(C)C. The first-order valence-corrected chi connectivity index (χ1v) is 9.95. The van der Waals surface area contributed by atoms with Crippen molar-refractivity contribution in [1.82, 2.24) is 0 Å². The van der Waals surface area contributed by atoms with Gasteiger partial charge >= 0.3 is 11.9 Å². The average molecular weight is 451 g/mol. The summed E-state index contributed by atoms with van der Waals surface area (Å²) in [6.45, 7) is 1.14. The number of carboxylic acids is 2. The maximum Gasteiger partial charge on any atom is 0.316 e. The van der Waals surface area contributed by atoms with E-state index in [-0.39, 0.29) is 22.1 Å². The molecule has 0 bridgehead atoms. The van der Waals surface area contributed by atoms with Crippen molar-refractivity contribution in [2.24, 2.45) is 17.8 Å². The lowest BCUT2D eigenvalue weighted by Crippen LogP contribution is -2.50. The first-order chi connectivity index (χ1) is 13.8. The molecule has 180 valence electrons. The van der Waals surface area contributed by atoms with Crippen LogP contribution in [0.1, 0.15) is 13.3 Å². The van der Waals surface area contributed by atoms with Gasteiger partial charge in [-0.2, -0.15) is 0 Å². The molecule has 0 aromatic carbocycles. The van der Waals surface area contributed by atoms with Crippen molar-refractivity contribution in [2.75, 3.05) is 55.4 Å². The highest BCUT2D eigenvalue weighted by atomic mass is 16.4. The van der Waals surface area contributed by atoms with Gasteiger partial charge in [0.2, 0.25) is 0 Å². The third-order valence-corrected chi connectivity index (χ3v) is 4.86. The fraction of sp³-hybridized carbons (Fsp3) is 0.800. The van der Waals surface area contributed by atoms with E-state index in [1.54, 1.807) is 42.3 Å². The van der Waals surface area contributed by atoms with Crippen LogP contribution < -0.4 is 0 Å². The van der Waals surface area contributed by atoms with Gasteiger partial charge in [-0.25, -0.2) is 0 Å². The van der Waals surface area contributed by atoms with Gasteiger partial charge in [0, 0.05) is 12.3 Å². The predicted octanol–water partition coefficient (Wildman–Crippen LogP) is -1.95. The molecule has 31 heavy (non-hydrogen) atoms. The second-order valence-electron chi connectivity index (χ2n) is 10.1. The van der Waals surface area contributed by atoms with E-state index in [1.165, 1.54) is 6.92 Å². The molecule has 0 aliphatic heterocycles. The molecule has 6 atom stereocenters. The Hall–Kier alpha value is -1.92. The maximum atomic E-state index is 12.7. The Balaban J connectivity index is 5.43. The van der Waals surface area contributed by atoms with Crippen LogP contribution in [0, 0.1) is 17.8 Å². The maximum absolute atomic E-state index is 12.7. The number of aliphatic hydroxyl groups is 3. The number of Topliss-reactive ketones (excluding diaryl/α,β-unsaturated/α-hetero) is 2. The van der Waals surface area contributed by atoms with Crippen LogP contribution in [-0.4, -0.2) is 132 Å². The summed E-state index contributed by atoms with van der Waals surface area (Å²) in [7, 11) is 10.2. The van der Waals surface area contributed by atoms with Gasteiger partial charge in [-0.05, 0) is 0 Å². The van der Waals surface area contributed by atoms with Crippen molar-refractivity contribution in [1.29, 1.82) is 0 Å². The molecule has 0 rings (SSSR count). The molecule has 0 heterocycles. The summed E-state index contributed by atoms with van der Waals surface area (Å²) >= 11 is 0. The van der Waals surface area contributed by atoms with Gasteiger partial charge in [0.25, 0.3) is 0 Å². The predicted molar refractivity (Wildman–Crippen MR) is 110 cm³/mol. The van der Waals surface area contributed by atoms with Crippen LogP contribution in [0.4, 0.5) is 0 Å². The summed E-state index contributed by atoms with van der Waals surface area (Å²) in [5.41, 5.74) is 0. The smallest absolute Gasteiger partial charge is 0.316 e. The number of aliphatic hydroxyl groups excluding tert-OH is 3.